The Kier molecular flexibility index (Phi) is 4.77. The molecule has 4 N–H and O–H groups in total. The number of para-hydroxylation sites is 1. The van der Waals surface area contributed by atoms with Gasteiger partial charge in [0.05, 0.1) is 0 Å². The van der Waals surface area contributed by atoms with Crippen molar-refractivity contribution in [3.05, 3.63) is 77.3 Å². The summed E-state index contributed by atoms with van der Waals surface area (Å²) in [6.07, 6.45) is 2.79. The van der Waals surface area contributed by atoms with Crippen LogP contribution in [0, 0.1) is 6.92 Å². The fourth-order valence-electron chi connectivity index (χ4n) is 3.01. The molecule has 0 aliphatic carbocycles. The Morgan fingerprint density at radius 3 is 2.77 bits per heavy atom. The Hall–Kier alpha value is -2.57. The zero-order valence-corrected chi connectivity index (χ0v) is 15.4. The normalized spacial score (nSPS) is 12.5. The van der Waals surface area contributed by atoms with Crippen LogP contribution in [0.3, 0.4) is 0 Å². The summed E-state index contributed by atoms with van der Waals surface area (Å²) in [5, 5.41) is 10.2. The number of aromatic amines is 1. The minimum atomic E-state index is -0.0745. The van der Waals surface area contributed by atoms with Crippen molar-refractivity contribution in [2.75, 3.05) is 0 Å². The molecule has 1 atom stereocenters. The fourth-order valence-corrected chi connectivity index (χ4v) is 3.85. The van der Waals surface area contributed by atoms with Gasteiger partial charge in [-0.3, -0.25) is 0 Å². The Morgan fingerprint density at radius 2 is 1.88 bits per heavy atom. The second kappa shape index (κ2) is 7.35. The lowest BCUT2D eigenvalue weighted by Gasteiger charge is -2.03. The highest BCUT2D eigenvalue weighted by molar-refractivity contribution is 7.98. The lowest BCUT2D eigenvalue weighted by atomic mass is 10.1. The van der Waals surface area contributed by atoms with E-state index in [1.807, 2.05) is 24.4 Å². The van der Waals surface area contributed by atoms with E-state index in [4.69, 9.17) is 4.42 Å². The summed E-state index contributed by atoms with van der Waals surface area (Å²) in [4.78, 5) is 3.30. The van der Waals surface area contributed by atoms with Gasteiger partial charge in [0.2, 0.25) is 0 Å². The summed E-state index contributed by atoms with van der Waals surface area (Å²) in [7, 11) is 0. The maximum atomic E-state index is 5.84. The number of hydrogen-bond donors (Lipinski definition) is 2. The Labute approximate surface area is 156 Å². The maximum Gasteiger partial charge on any atom is 0.277 e. The lowest BCUT2D eigenvalue weighted by molar-refractivity contribution is -0.431. The third kappa shape index (κ3) is 3.52. The van der Waals surface area contributed by atoms with Crippen LogP contribution in [0.5, 0.6) is 0 Å². The SMILES string of the molecule is Cc1ccccc1CSc1nnc([C@@H]([NH3+])Cc2c[nH]c3ccccc23)o1. The van der Waals surface area contributed by atoms with E-state index in [0.29, 0.717) is 11.1 Å². The van der Waals surface area contributed by atoms with Crippen molar-refractivity contribution in [1.29, 1.82) is 0 Å². The standard InChI is InChI=1S/C20H20N4OS/c1-13-6-2-3-7-14(13)12-26-20-24-23-19(25-20)17(21)10-15-11-22-18-9-5-4-8-16(15)18/h2-9,11,17,22H,10,12,21H2,1H3/p+1/t17-/m0/s1. The number of aromatic nitrogens is 3. The smallest absolute Gasteiger partial charge is 0.277 e. The van der Waals surface area contributed by atoms with Gasteiger partial charge in [-0.2, -0.15) is 0 Å². The van der Waals surface area contributed by atoms with Gasteiger partial charge in [-0.25, -0.2) is 0 Å². The summed E-state index contributed by atoms with van der Waals surface area (Å²) in [6, 6.07) is 16.5. The highest BCUT2D eigenvalue weighted by Crippen LogP contribution is 2.26. The number of fused-ring (bicyclic) bond motifs is 1. The average Bonchev–Trinajstić information content (AvgIpc) is 3.29. The average molecular weight is 365 g/mol. The van der Waals surface area contributed by atoms with E-state index in [1.54, 1.807) is 11.8 Å². The molecule has 0 saturated heterocycles. The molecule has 2 heterocycles. The Bertz CT molecular complexity index is 1020. The predicted octanol–water partition coefficient (Wildman–Crippen LogP) is 3.68. The molecule has 6 heteroatoms. The maximum absolute atomic E-state index is 5.84. The van der Waals surface area contributed by atoms with Crippen molar-refractivity contribution in [3.8, 4) is 0 Å². The van der Waals surface area contributed by atoms with Crippen LogP contribution in [0.1, 0.15) is 28.6 Å². The molecule has 0 radical (unpaired) electrons. The molecular weight excluding hydrogens is 344 g/mol. The van der Waals surface area contributed by atoms with Gasteiger partial charge in [-0.15, -0.1) is 10.2 Å². The van der Waals surface area contributed by atoms with Crippen molar-refractivity contribution in [3.63, 3.8) is 0 Å². The molecule has 0 aliphatic rings. The molecule has 0 spiro atoms. The number of quaternary nitrogens is 1. The second-order valence-electron chi connectivity index (χ2n) is 6.38. The van der Waals surface area contributed by atoms with Gasteiger partial charge in [-0.1, -0.05) is 54.2 Å². The molecule has 4 rings (SSSR count). The largest absolute Gasteiger partial charge is 0.410 e. The number of benzene rings is 2. The summed E-state index contributed by atoms with van der Waals surface area (Å²) in [5.41, 5.74) is 9.12. The lowest BCUT2D eigenvalue weighted by Crippen LogP contribution is -2.54. The number of hydrogen-bond acceptors (Lipinski definition) is 4. The number of nitrogens with zero attached hydrogens (tertiary/aromatic N) is 2. The van der Waals surface area contributed by atoms with Gasteiger partial charge in [0.25, 0.3) is 11.1 Å². The fraction of sp³-hybridized carbons (Fsp3) is 0.200. The molecule has 2 aromatic heterocycles. The van der Waals surface area contributed by atoms with Crippen LogP contribution in [0.2, 0.25) is 0 Å². The van der Waals surface area contributed by atoms with Crippen molar-refractivity contribution >= 4 is 22.7 Å². The zero-order chi connectivity index (χ0) is 17.9. The molecule has 4 aromatic rings. The molecule has 0 amide bonds. The van der Waals surface area contributed by atoms with Crippen molar-refractivity contribution < 1.29 is 10.2 Å². The number of thioether (sulfide) groups is 1. The molecule has 0 aliphatic heterocycles. The van der Waals surface area contributed by atoms with Crippen molar-refractivity contribution in [2.45, 2.75) is 30.4 Å². The Morgan fingerprint density at radius 1 is 1.08 bits per heavy atom. The number of rotatable bonds is 6. The van der Waals surface area contributed by atoms with Crippen LogP contribution in [0.15, 0.2) is 64.4 Å². The summed E-state index contributed by atoms with van der Waals surface area (Å²) >= 11 is 1.56. The first-order valence-corrected chi connectivity index (χ1v) is 9.58. The van der Waals surface area contributed by atoms with Gasteiger partial charge in [-0.05, 0) is 29.7 Å². The van der Waals surface area contributed by atoms with E-state index in [-0.39, 0.29) is 6.04 Å². The highest BCUT2D eigenvalue weighted by Gasteiger charge is 2.20. The van der Waals surface area contributed by atoms with Crippen molar-refractivity contribution in [1.82, 2.24) is 15.2 Å². The van der Waals surface area contributed by atoms with Gasteiger partial charge >= 0.3 is 0 Å². The molecule has 132 valence electrons. The highest BCUT2D eigenvalue weighted by atomic mass is 32.2. The van der Waals surface area contributed by atoms with E-state index in [1.165, 1.54) is 22.1 Å². The molecule has 0 saturated carbocycles. The van der Waals surface area contributed by atoms with Gasteiger partial charge in [0.15, 0.2) is 6.04 Å². The Balaban J connectivity index is 1.43. The topological polar surface area (TPSA) is 82.4 Å². The van der Waals surface area contributed by atoms with E-state index in [9.17, 15) is 0 Å². The molecule has 0 fully saturated rings. The second-order valence-corrected chi connectivity index (χ2v) is 7.31. The first-order valence-electron chi connectivity index (χ1n) is 8.59. The van der Waals surface area contributed by atoms with E-state index < -0.39 is 0 Å². The number of H-pyrrole nitrogens is 1. The monoisotopic (exact) mass is 365 g/mol. The minimum Gasteiger partial charge on any atom is -0.410 e. The van der Waals surface area contributed by atoms with Crippen LogP contribution in [-0.4, -0.2) is 15.2 Å². The molecular formula is C20H21N4OS+. The third-order valence-corrected chi connectivity index (χ3v) is 5.39. The van der Waals surface area contributed by atoms with Crippen LogP contribution < -0.4 is 5.73 Å². The first kappa shape index (κ1) is 16.9. The molecule has 5 nitrogen and oxygen atoms in total. The summed E-state index contributed by atoms with van der Waals surface area (Å²) in [5.74, 6) is 1.40. The van der Waals surface area contributed by atoms with Crippen LogP contribution in [0.25, 0.3) is 10.9 Å². The quantitative estimate of drug-likeness (QED) is 0.511. The zero-order valence-electron chi connectivity index (χ0n) is 14.6. The van der Waals surface area contributed by atoms with Crippen LogP contribution in [-0.2, 0) is 12.2 Å². The van der Waals surface area contributed by atoms with Crippen LogP contribution in [0.4, 0.5) is 0 Å². The van der Waals surface area contributed by atoms with Crippen molar-refractivity contribution in [2.24, 2.45) is 0 Å². The van der Waals surface area contributed by atoms with Gasteiger partial charge in [0.1, 0.15) is 0 Å². The third-order valence-electron chi connectivity index (χ3n) is 4.52. The van der Waals surface area contributed by atoms with E-state index in [2.05, 4.69) is 58.2 Å². The summed E-state index contributed by atoms with van der Waals surface area (Å²) < 4.78 is 5.84. The molecule has 26 heavy (non-hydrogen) atoms. The first-order chi connectivity index (χ1) is 12.7. The van der Waals surface area contributed by atoms with E-state index in [0.717, 1.165) is 17.7 Å². The van der Waals surface area contributed by atoms with Gasteiger partial charge in [0, 0.05) is 29.3 Å². The molecule has 0 unspecified atom stereocenters. The number of nitrogens with one attached hydrogen (secondary N) is 1. The molecule has 0 bridgehead atoms. The number of aryl methyl sites for hydroxylation is 1. The van der Waals surface area contributed by atoms with E-state index >= 15 is 0 Å². The van der Waals surface area contributed by atoms with Gasteiger partial charge < -0.3 is 15.1 Å². The van der Waals surface area contributed by atoms with Crippen LogP contribution >= 0.6 is 11.8 Å². The molecule has 2 aromatic carbocycles. The predicted molar refractivity (Wildman–Crippen MR) is 103 cm³/mol. The minimum absolute atomic E-state index is 0.0745. The summed E-state index contributed by atoms with van der Waals surface area (Å²) in [6.45, 7) is 2.11.